The first-order valence-electron chi connectivity index (χ1n) is 9.69. The summed E-state index contributed by atoms with van der Waals surface area (Å²) < 4.78 is 33.9. The number of ether oxygens (including phenoxy) is 1. The molecule has 1 fully saturated rings. The predicted molar refractivity (Wildman–Crippen MR) is 112 cm³/mol. The van der Waals surface area contributed by atoms with Crippen molar-refractivity contribution in [3.63, 3.8) is 0 Å². The summed E-state index contributed by atoms with van der Waals surface area (Å²) in [6.45, 7) is 3.46. The third kappa shape index (κ3) is 3.94. The monoisotopic (exact) mass is 434 g/mol. The summed E-state index contributed by atoms with van der Waals surface area (Å²) >= 11 is 5.91. The quantitative estimate of drug-likeness (QED) is 0.740. The Labute approximate surface area is 176 Å². The maximum absolute atomic E-state index is 13.4. The molecule has 0 aliphatic carbocycles. The van der Waals surface area contributed by atoms with E-state index in [0.717, 1.165) is 12.8 Å². The fourth-order valence-corrected chi connectivity index (χ4v) is 5.33. The van der Waals surface area contributed by atoms with Gasteiger partial charge in [0, 0.05) is 18.1 Å². The van der Waals surface area contributed by atoms with E-state index in [1.807, 2.05) is 0 Å². The molecule has 0 unspecified atom stereocenters. The SMILES string of the molecule is CC1CCN(C(=O)[C@@H]2CN(S(=O)(=O)c3ccc(Cl)cc3)c3ccccc3O2)CC1. The van der Waals surface area contributed by atoms with Crippen molar-refractivity contribution >= 4 is 33.2 Å². The molecule has 0 aromatic heterocycles. The van der Waals surface area contributed by atoms with Gasteiger partial charge in [-0.3, -0.25) is 9.10 Å². The van der Waals surface area contributed by atoms with Crippen LogP contribution < -0.4 is 9.04 Å². The van der Waals surface area contributed by atoms with Crippen LogP contribution in [0.5, 0.6) is 5.75 Å². The van der Waals surface area contributed by atoms with E-state index < -0.39 is 16.1 Å². The number of hydrogen-bond acceptors (Lipinski definition) is 4. The van der Waals surface area contributed by atoms with Crippen molar-refractivity contribution in [2.75, 3.05) is 23.9 Å². The van der Waals surface area contributed by atoms with Crippen LogP contribution in [-0.4, -0.2) is 45.0 Å². The number of hydrogen-bond donors (Lipinski definition) is 0. The van der Waals surface area contributed by atoms with Gasteiger partial charge < -0.3 is 9.64 Å². The second-order valence-electron chi connectivity index (χ2n) is 7.57. The number of anilines is 1. The molecule has 0 radical (unpaired) electrons. The molecule has 1 amide bonds. The summed E-state index contributed by atoms with van der Waals surface area (Å²) in [5.74, 6) is 0.816. The van der Waals surface area contributed by atoms with Crippen LogP contribution in [0.4, 0.5) is 5.69 Å². The molecule has 1 atom stereocenters. The normalized spacial score (nSPS) is 20.1. The Morgan fingerprint density at radius 2 is 1.72 bits per heavy atom. The third-order valence-corrected chi connectivity index (χ3v) is 7.55. The largest absolute Gasteiger partial charge is 0.476 e. The maximum atomic E-state index is 13.4. The van der Waals surface area contributed by atoms with Gasteiger partial charge in [0.2, 0.25) is 0 Å². The lowest BCUT2D eigenvalue weighted by Crippen LogP contribution is -2.53. The average Bonchev–Trinajstić information content (AvgIpc) is 2.73. The van der Waals surface area contributed by atoms with Crippen LogP contribution in [0.2, 0.25) is 5.02 Å². The number of benzene rings is 2. The molecule has 6 nitrogen and oxygen atoms in total. The number of likely N-dealkylation sites (tertiary alicyclic amines) is 1. The minimum Gasteiger partial charge on any atom is -0.476 e. The van der Waals surface area contributed by atoms with Crippen molar-refractivity contribution in [3.8, 4) is 5.75 Å². The molecule has 154 valence electrons. The van der Waals surface area contributed by atoms with Crippen molar-refractivity contribution < 1.29 is 17.9 Å². The van der Waals surface area contributed by atoms with Crippen molar-refractivity contribution in [3.05, 3.63) is 53.6 Å². The molecule has 2 heterocycles. The van der Waals surface area contributed by atoms with Crippen LogP contribution in [0.15, 0.2) is 53.4 Å². The number of halogens is 1. The van der Waals surface area contributed by atoms with Gasteiger partial charge in [0.1, 0.15) is 5.75 Å². The van der Waals surface area contributed by atoms with E-state index in [0.29, 0.717) is 35.5 Å². The molecule has 0 saturated carbocycles. The molecule has 0 spiro atoms. The average molecular weight is 435 g/mol. The third-order valence-electron chi connectivity index (χ3n) is 5.51. The van der Waals surface area contributed by atoms with Crippen molar-refractivity contribution in [1.29, 1.82) is 0 Å². The fourth-order valence-electron chi connectivity index (χ4n) is 3.72. The van der Waals surface area contributed by atoms with Gasteiger partial charge in [0.15, 0.2) is 6.10 Å². The Morgan fingerprint density at radius 3 is 2.41 bits per heavy atom. The van der Waals surface area contributed by atoms with Gasteiger partial charge in [-0.1, -0.05) is 30.7 Å². The first kappa shape index (κ1) is 20.0. The molecule has 0 N–H and O–H groups in total. The van der Waals surface area contributed by atoms with Gasteiger partial charge in [0.05, 0.1) is 17.1 Å². The standard InChI is InChI=1S/C21H23ClN2O4S/c1-15-10-12-23(13-11-15)21(25)20-14-24(18-4-2-3-5-19(18)28-20)29(26,27)17-8-6-16(22)7-9-17/h2-9,15,20H,10-14H2,1H3/t20-/m0/s1. The van der Waals surface area contributed by atoms with Crippen molar-refractivity contribution in [2.45, 2.75) is 30.8 Å². The lowest BCUT2D eigenvalue weighted by Gasteiger charge is -2.38. The highest BCUT2D eigenvalue weighted by atomic mass is 35.5. The van der Waals surface area contributed by atoms with Gasteiger partial charge in [-0.05, 0) is 55.2 Å². The summed E-state index contributed by atoms with van der Waals surface area (Å²) in [7, 11) is -3.87. The number of carbonyl (C=O) groups excluding carboxylic acids is 1. The molecule has 2 aromatic carbocycles. The number of fused-ring (bicyclic) bond motifs is 1. The topological polar surface area (TPSA) is 66.9 Å². The molecule has 2 aliphatic rings. The van der Waals surface area contributed by atoms with E-state index in [-0.39, 0.29) is 17.3 Å². The van der Waals surface area contributed by atoms with Crippen LogP contribution in [-0.2, 0) is 14.8 Å². The summed E-state index contributed by atoms with van der Waals surface area (Å²) in [5.41, 5.74) is 0.429. The highest BCUT2D eigenvalue weighted by Crippen LogP contribution is 2.37. The number of nitrogens with zero attached hydrogens (tertiary/aromatic N) is 2. The van der Waals surface area contributed by atoms with Crippen LogP contribution in [0.1, 0.15) is 19.8 Å². The van der Waals surface area contributed by atoms with Crippen LogP contribution in [0.3, 0.4) is 0 Å². The summed E-state index contributed by atoms with van der Waals surface area (Å²) in [4.78, 5) is 15.0. The van der Waals surface area contributed by atoms with Crippen LogP contribution in [0, 0.1) is 5.92 Å². The Morgan fingerprint density at radius 1 is 1.07 bits per heavy atom. The van der Waals surface area contributed by atoms with E-state index >= 15 is 0 Å². The van der Waals surface area contributed by atoms with Crippen molar-refractivity contribution in [2.24, 2.45) is 5.92 Å². The number of carbonyl (C=O) groups is 1. The zero-order valence-electron chi connectivity index (χ0n) is 16.1. The molecule has 1 saturated heterocycles. The smallest absolute Gasteiger partial charge is 0.265 e. The molecule has 2 aliphatic heterocycles. The van der Waals surface area contributed by atoms with E-state index in [1.165, 1.54) is 16.4 Å². The van der Waals surface area contributed by atoms with Gasteiger partial charge in [0.25, 0.3) is 15.9 Å². The number of piperidine rings is 1. The number of amides is 1. The summed E-state index contributed by atoms with van der Waals surface area (Å²) in [5, 5.41) is 0.457. The predicted octanol–water partition coefficient (Wildman–Crippen LogP) is 3.55. The number of rotatable bonds is 3. The first-order chi connectivity index (χ1) is 13.9. The molecule has 0 bridgehead atoms. The molecule has 2 aromatic rings. The Kier molecular flexibility index (Phi) is 5.44. The molecule has 29 heavy (non-hydrogen) atoms. The second kappa shape index (κ2) is 7.88. The maximum Gasteiger partial charge on any atom is 0.265 e. The first-order valence-corrected chi connectivity index (χ1v) is 11.5. The summed E-state index contributed by atoms with van der Waals surface area (Å²) in [6.07, 6.45) is 1.02. The minimum atomic E-state index is -3.87. The summed E-state index contributed by atoms with van der Waals surface area (Å²) in [6, 6.07) is 12.9. The zero-order chi connectivity index (χ0) is 20.6. The molecule has 8 heteroatoms. The Hall–Kier alpha value is -2.25. The Bertz CT molecular complexity index is 1000. The van der Waals surface area contributed by atoms with Gasteiger partial charge in [-0.25, -0.2) is 8.42 Å². The van der Waals surface area contributed by atoms with E-state index in [2.05, 4.69) is 6.92 Å². The van der Waals surface area contributed by atoms with Crippen molar-refractivity contribution in [1.82, 2.24) is 4.90 Å². The number of para-hydroxylation sites is 2. The van der Waals surface area contributed by atoms with E-state index in [9.17, 15) is 13.2 Å². The molecular weight excluding hydrogens is 412 g/mol. The van der Waals surface area contributed by atoms with Gasteiger partial charge >= 0.3 is 0 Å². The zero-order valence-corrected chi connectivity index (χ0v) is 17.7. The minimum absolute atomic E-state index is 0.0626. The van der Waals surface area contributed by atoms with Crippen LogP contribution >= 0.6 is 11.6 Å². The Balaban J connectivity index is 1.66. The lowest BCUT2D eigenvalue weighted by molar-refractivity contribution is -0.139. The highest BCUT2D eigenvalue weighted by Gasteiger charge is 2.39. The van der Waals surface area contributed by atoms with Gasteiger partial charge in [-0.2, -0.15) is 0 Å². The van der Waals surface area contributed by atoms with E-state index in [1.54, 1.807) is 41.3 Å². The fraction of sp³-hybridized carbons (Fsp3) is 0.381. The molecule has 4 rings (SSSR count). The van der Waals surface area contributed by atoms with Crippen LogP contribution in [0.25, 0.3) is 0 Å². The highest BCUT2D eigenvalue weighted by molar-refractivity contribution is 7.92. The number of sulfonamides is 1. The second-order valence-corrected chi connectivity index (χ2v) is 9.87. The van der Waals surface area contributed by atoms with Gasteiger partial charge in [-0.15, -0.1) is 0 Å². The lowest BCUT2D eigenvalue weighted by atomic mass is 9.99. The van der Waals surface area contributed by atoms with E-state index in [4.69, 9.17) is 16.3 Å². The molecular formula is C21H23ClN2O4S.